The van der Waals surface area contributed by atoms with Crippen LogP contribution in [0.3, 0.4) is 0 Å². The topological polar surface area (TPSA) is 71.1 Å². The molecule has 1 heterocycles. The Balaban J connectivity index is 1.44. The maximum absolute atomic E-state index is 12.8. The summed E-state index contributed by atoms with van der Waals surface area (Å²) in [6.45, 7) is 2.33. The molecular formula is C18H23N3O2. The summed E-state index contributed by atoms with van der Waals surface area (Å²) < 4.78 is 0. The zero-order valence-corrected chi connectivity index (χ0v) is 13.5. The van der Waals surface area contributed by atoms with Gasteiger partial charge in [-0.1, -0.05) is 6.92 Å². The first kappa shape index (κ1) is 14.7. The van der Waals surface area contributed by atoms with Gasteiger partial charge in [0.1, 0.15) is 0 Å². The van der Waals surface area contributed by atoms with Crippen LogP contribution in [0.4, 0.5) is 0 Å². The van der Waals surface area contributed by atoms with Gasteiger partial charge in [-0.25, -0.2) is 0 Å². The highest BCUT2D eigenvalue weighted by atomic mass is 16.2. The molecule has 4 aliphatic carbocycles. The van der Waals surface area contributed by atoms with Crippen molar-refractivity contribution < 1.29 is 9.59 Å². The molecule has 5 heteroatoms. The minimum absolute atomic E-state index is 0.00457. The lowest BCUT2D eigenvalue weighted by Gasteiger charge is -2.60. The number of hydrogen-bond donors (Lipinski definition) is 2. The molecule has 0 aromatic carbocycles. The maximum atomic E-state index is 12.8. The molecule has 4 bridgehead atoms. The Kier molecular flexibility index (Phi) is 3.22. The van der Waals surface area contributed by atoms with Crippen LogP contribution in [-0.4, -0.2) is 16.8 Å². The molecule has 4 fully saturated rings. The quantitative estimate of drug-likeness (QED) is 0.824. The number of amides is 2. The number of hydrazine groups is 1. The second-order valence-electron chi connectivity index (χ2n) is 8.20. The van der Waals surface area contributed by atoms with E-state index < -0.39 is 0 Å². The number of carbonyl (C=O) groups is 2. The molecule has 5 nitrogen and oxygen atoms in total. The van der Waals surface area contributed by atoms with Gasteiger partial charge in [0.05, 0.1) is 11.0 Å². The fraction of sp³-hybridized carbons (Fsp3) is 0.611. The molecule has 0 aliphatic heterocycles. The van der Waals surface area contributed by atoms with Gasteiger partial charge in [-0.2, -0.15) is 0 Å². The Morgan fingerprint density at radius 1 is 1.17 bits per heavy atom. The third kappa shape index (κ3) is 2.52. The maximum Gasteiger partial charge on any atom is 0.271 e. The second kappa shape index (κ2) is 5.05. The van der Waals surface area contributed by atoms with E-state index in [1.165, 1.54) is 25.5 Å². The van der Waals surface area contributed by atoms with Crippen LogP contribution in [0.15, 0.2) is 24.5 Å². The van der Waals surface area contributed by atoms with Gasteiger partial charge in [0.2, 0.25) is 5.91 Å². The van der Waals surface area contributed by atoms with Crippen molar-refractivity contribution in [2.75, 3.05) is 0 Å². The largest absolute Gasteiger partial charge is 0.273 e. The molecule has 4 aliphatic rings. The van der Waals surface area contributed by atoms with E-state index in [1.807, 2.05) is 0 Å². The van der Waals surface area contributed by atoms with Gasteiger partial charge in [0.25, 0.3) is 5.91 Å². The zero-order valence-electron chi connectivity index (χ0n) is 13.5. The predicted octanol–water partition coefficient (Wildman–Crippen LogP) is 2.45. The summed E-state index contributed by atoms with van der Waals surface area (Å²) in [7, 11) is 0. The van der Waals surface area contributed by atoms with Crippen LogP contribution >= 0.6 is 0 Å². The van der Waals surface area contributed by atoms with Crippen molar-refractivity contribution in [2.45, 2.75) is 45.4 Å². The molecule has 122 valence electrons. The Hall–Kier alpha value is -1.91. The molecule has 2 amide bonds. The van der Waals surface area contributed by atoms with Crippen LogP contribution < -0.4 is 10.9 Å². The van der Waals surface area contributed by atoms with Crippen molar-refractivity contribution in [1.29, 1.82) is 0 Å². The number of rotatable bonds is 2. The monoisotopic (exact) mass is 313 g/mol. The Bertz CT molecular complexity index is 629. The van der Waals surface area contributed by atoms with Crippen LogP contribution in [-0.2, 0) is 4.79 Å². The SMILES string of the molecule is CC12CC3CC(C1)CC(C(=O)NNC(=O)c1cccnc1)(C3)C2. The van der Waals surface area contributed by atoms with Crippen LogP contribution in [0.2, 0.25) is 0 Å². The first-order chi connectivity index (χ1) is 11.0. The highest BCUT2D eigenvalue weighted by Gasteiger charge is 2.58. The number of nitrogens with zero attached hydrogens (tertiary/aromatic N) is 1. The number of pyridine rings is 1. The molecule has 1 aromatic heterocycles. The average Bonchev–Trinajstić information content (AvgIpc) is 2.50. The van der Waals surface area contributed by atoms with Crippen molar-refractivity contribution in [3.8, 4) is 0 Å². The summed E-state index contributed by atoms with van der Waals surface area (Å²) in [6, 6.07) is 3.39. The third-order valence-electron chi connectivity index (χ3n) is 6.05. The fourth-order valence-electron chi connectivity index (χ4n) is 5.80. The molecule has 2 unspecified atom stereocenters. The van der Waals surface area contributed by atoms with Crippen LogP contribution in [0.5, 0.6) is 0 Å². The molecular weight excluding hydrogens is 290 g/mol. The number of aromatic nitrogens is 1. The minimum atomic E-state index is -0.317. The second-order valence-corrected chi connectivity index (χ2v) is 8.20. The first-order valence-electron chi connectivity index (χ1n) is 8.49. The average molecular weight is 313 g/mol. The molecule has 4 saturated carbocycles. The summed E-state index contributed by atoms with van der Waals surface area (Å²) in [4.78, 5) is 28.8. The molecule has 2 atom stereocenters. The van der Waals surface area contributed by atoms with E-state index in [2.05, 4.69) is 22.8 Å². The first-order valence-corrected chi connectivity index (χ1v) is 8.49. The van der Waals surface area contributed by atoms with E-state index in [-0.39, 0.29) is 17.2 Å². The van der Waals surface area contributed by atoms with Gasteiger partial charge in [-0.3, -0.25) is 25.4 Å². The van der Waals surface area contributed by atoms with Crippen molar-refractivity contribution in [2.24, 2.45) is 22.7 Å². The normalized spacial score (nSPS) is 37.4. The highest BCUT2D eigenvalue weighted by Crippen LogP contribution is 2.65. The van der Waals surface area contributed by atoms with E-state index in [9.17, 15) is 9.59 Å². The summed E-state index contributed by atoms with van der Waals surface area (Å²) in [6.07, 6.45) is 9.84. The molecule has 5 rings (SSSR count). The van der Waals surface area contributed by atoms with Gasteiger partial charge in [-0.15, -0.1) is 0 Å². The highest BCUT2D eigenvalue weighted by molar-refractivity contribution is 5.95. The lowest BCUT2D eigenvalue weighted by atomic mass is 9.44. The summed E-state index contributed by atoms with van der Waals surface area (Å²) >= 11 is 0. The summed E-state index contributed by atoms with van der Waals surface area (Å²) in [5.74, 6) is 1.04. The molecule has 0 radical (unpaired) electrons. The number of nitrogens with one attached hydrogen (secondary N) is 2. The van der Waals surface area contributed by atoms with Crippen molar-refractivity contribution in [3.05, 3.63) is 30.1 Å². The lowest BCUT2D eigenvalue weighted by Crippen LogP contribution is -2.59. The molecule has 23 heavy (non-hydrogen) atoms. The Morgan fingerprint density at radius 2 is 1.91 bits per heavy atom. The molecule has 1 aromatic rings. The summed E-state index contributed by atoms with van der Waals surface area (Å²) in [5, 5.41) is 0. The van der Waals surface area contributed by atoms with E-state index in [0.29, 0.717) is 22.8 Å². The van der Waals surface area contributed by atoms with Gasteiger partial charge in [-0.05, 0) is 67.9 Å². The van der Waals surface area contributed by atoms with Crippen molar-refractivity contribution in [1.82, 2.24) is 15.8 Å². The van der Waals surface area contributed by atoms with Crippen LogP contribution in [0, 0.1) is 22.7 Å². The lowest BCUT2D eigenvalue weighted by molar-refractivity contribution is -0.156. The van der Waals surface area contributed by atoms with E-state index >= 15 is 0 Å². The summed E-state index contributed by atoms with van der Waals surface area (Å²) in [5.41, 5.74) is 5.73. The Labute approximate surface area is 136 Å². The molecule has 0 spiro atoms. The van der Waals surface area contributed by atoms with E-state index in [1.54, 1.807) is 18.3 Å². The Morgan fingerprint density at radius 3 is 2.52 bits per heavy atom. The fourth-order valence-corrected chi connectivity index (χ4v) is 5.80. The molecule has 0 saturated heterocycles. The van der Waals surface area contributed by atoms with Gasteiger partial charge in [0, 0.05) is 12.4 Å². The predicted molar refractivity (Wildman–Crippen MR) is 85.1 cm³/mol. The smallest absolute Gasteiger partial charge is 0.271 e. The van der Waals surface area contributed by atoms with E-state index in [0.717, 1.165) is 19.3 Å². The number of carbonyl (C=O) groups excluding carboxylic acids is 2. The standard InChI is InChI=1S/C18H23N3O2/c1-17-6-12-5-13(7-17)9-18(8-12,11-17)16(23)21-20-15(22)14-3-2-4-19-10-14/h2-4,10,12-13H,5-9,11H2,1H3,(H,20,22)(H,21,23). The minimum Gasteiger partial charge on any atom is -0.273 e. The third-order valence-corrected chi connectivity index (χ3v) is 6.05. The van der Waals surface area contributed by atoms with Crippen LogP contribution in [0.1, 0.15) is 55.8 Å². The zero-order chi connectivity index (χ0) is 16.1. The number of hydrogen-bond acceptors (Lipinski definition) is 3. The van der Waals surface area contributed by atoms with E-state index in [4.69, 9.17) is 0 Å². The van der Waals surface area contributed by atoms with Crippen LogP contribution in [0.25, 0.3) is 0 Å². The molecule has 2 N–H and O–H groups in total. The van der Waals surface area contributed by atoms with Gasteiger partial charge >= 0.3 is 0 Å². The van der Waals surface area contributed by atoms with Gasteiger partial charge < -0.3 is 0 Å². The van der Waals surface area contributed by atoms with Gasteiger partial charge in [0.15, 0.2) is 0 Å². The van der Waals surface area contributed by atoms with Crippen molar-refractivity contribution in [3.63, 3.8) is 0 Å². The van der Waals surface area contributed by atoms with Crippen molar-refractivity contribution >= 4 is 11.8 Å².